The Kier molecular flexibility index (Phi) is 4.58. The molecule has 3 heteroatoms. The standard InChI is InChI=1S/C18H31NO2/c1-18(11-5-6-12-18)17(21)19-13-7-4-9-15(19)14-8-2-3-10-16(14)20/h14-16,20H,2-13H2,1H3. The molecular formula is C18H31NO2. The third kappa shape index (κ3) is 2.99. The van der Waals surface area contributed by atoms with Crippen LogP contribution >= 0.6 is 0 Å². The molecule has 1 aliphatic heterocycles. The van der Waals surface area contributed by atoms with E-state index in [4.69, 9.17) is 0 Å². The molecule has 3 unspecified atom stereocenters. The molecule has 2 saturated carbocycles. The second kappa shape index (κ2) is 6.28. The molecular weight excluding hydrogens is 262 g/mol. The summed E-state index contributed by atoms with van der Waals surface area (Å²) in [7, 11) is 0. The van der Waals surface area contributed by atoms with Crippen molar-refractivity contribution >= 4 is 5.91 Å². The van der Waals surface area contributed by atoms with Crippen LogP contribution in [-0.4, -0.2) is 34.6 Å². The van der Waals surface area contributed by atoms with Crippen LogP contribution < -0.4 is 0 Å². The Morgan fingerprint density at radius 2 is 1.67 bits per heavy atom. The number of hydrogen-bond acceptors (Lipinski definition) is 2. The first kappa shape index (κ1) is 15.3. The van der Waals surface area contributed by atoms with Gasteiger partial charge in [-0.1, -0.05) is 32.6 Å². The van der Waals surface area contributed by atoms with E-state index in [1.54, 1.807) is 0 Å². The molecule has 1 N–H and O–H groups in total. The molecule has 0 aromatic rings. The van der Waals surface area contributed by atoms with Crippen LogP contribution in [0.3, 0.4) is 0 Å². The molecule has 21 heavy (non-hydrogen) atoms. The number of amides is 1. The molecule has 3 aliphatic rings. The Bertz CT molecular complexity index is 375. The molecule has 3 fully saturated rings. The minimum atomic E-state index is -0.187. The van der Waals surface area contributed by atoms with E-state index in [0.29, 0.717) is 17.9 Å². The van der Waals surface area contributed by atoms with E-state index < -0.39 is 0 Å². The Labute approximate surface area is 129 Å². The Morgan fingerprint density at radius 3 is 2.38 bits per heavy atom. The molecule has 0 aromatic carbocycles. The van der Waals surface area contributed by atoms with Crippen LogP contribution in [0.15, 0.2) is 0 Å². The van der Waals surface area contributed by atoms with Crippen molar-refractivity contribution in [3.05, 3.63) is 0 Å². The van der Waals surface area contributed by atoms with Crippen LogP contribution in [0.5, 0.6) is 0 Å². The maximum Gasteiger partial charge on any atom is 0.228 e. The summed E-state index contributed by atoms with van der Waals surface area (Å²) in [5.41, 5.74) is -0.116. The lowest BCUT2D eigenvalue weighted by Gasteiger charge is -2.46. The minimum absolute atomic E-state index is 0.116. The highest BCUT2D eigenvalue weighted by Gasteiger charge is 2.44. The number of nitrogens with zero attached hydrogens (tertiary/aromatic N) is 1. The van der Waals surface area contributed by atoms with E-state index in [1.807, 2.05) is 0 Å². The highest BCUT2D eigenvalue weighted by molar-refractivity contribution is 5.83. The Hall–Kier alpha value is -0.570. The highest BCUT2D eigenvalue weighted by atomic mass is 16.3. The average Bonchev–Trinajstić information content (AvgIpc) is 2.95. The Balaban J connectivity index is 1.76. The molecule has 1 amide bonds. The van der Waals surface area contributed by atoms with Crippen LogP contribution in [-0.2, 0) is 4.79 Å². The van der Waals surface area contributed by atoms with Crippen molar-refractivity contribution in [2.45, 2.75) is 89.7 Å². The number of hydrogen-bond donors (Lipinski definition) is 1. The lowest BCUT2D eigenvalue weighted by molar-refractivity contribution is -0.148. The second-order valence-corrected chi connectivity index (χ2v) is 7.85. The van der Waals surface area contributed by atoms with Gasteiger partial charge in [-0.15, -0.1) is 0 Å². The Morgan fingerprint density at radius 1 is 1.00 bits per heavy atom. The van der Waals surface area contributed by atoms with Gasteiger partial charge in [-0.25, -0.2) is 0 Å². The van der Waals surface area contributed by atoms with Crippen molar-refractivity contribution in [1.29, 1.82) is 0 Å². The van der Waals surface area contributed by atoms with Gasteiger partial charge in [0.25, 0.3) is 0 Å². The zero-order chi connectivity index (χ0) is 14.9. The van der Waals surface area contributed by atoms with Gasteiger partial charge < -0.3 is 10.0 Å². The predicted octanol–water partition coefficient (Wildman–Crippen LogP) is 3.50. The number of piperidine rings is 1. The number of carbonyl (C=O) groups is 1. The molecule has 1 heterocycles. The minimum Gasteiger partial charge on any atom is -0.393 e. The molecule has 0 aromatic heterocycles. The molecule has 1 saturated heterocycles. The van der Waals surface area contributed by atoms with Crippen molar-refractivity contribution in [2.75, 3.05) is 6.54 Å². The summed E-state index contributed by atoms with van der Waals surface area (Å²) in [6, 6.07) is 0.305. The van der Waals surface area contributed by atoms with Gasteiger partial charge in [0.2, 0.25) is 5.91 Å². The number of likely N-dealkylation sites (tertiary alicyclic amines) is 1. The van der Waals surface area contributed by atoms with E-state index in [9.17, 15) is 9.90 Å². The van der Waals surface area contributed by atoms with Crippen LogP contribution in [0.2, 0.25) is 0 Å². The molecule has 3 nitrogen and oxygen atoms in total. The third-order valence-corrected chi connectivity index (χ3v) is 6.31. The summed E-state index contributed by atoms with van der Waals surface area (Å²) in [6.07, 6.45) is 12.2. The van der Waals surface area contributed by atoms with Gasteiger partial charge in [0.15, 0.2) is 0 Å². The molecule has 0 spiro atoms. The molecule has 3 atom stereocenters. The maximum absolute atomic E-state index is 13.1. The van der Waals surface area contributed by atoms with E-state index in [0.717, 1.165) is 51.5 Å². The van der Waals surface area contributed by atoms with E-state index in [1.165, 1.54) is 25.7 Å². The van der Waals surface area contributed by atoms with Gasteiger partial charge in [-0.3, -0.25) is 4.79 Å². The summed E-state index contributed by atoms with van der Waals surface area (Å²) in [6.45, 7) is 3.09. The van der Waals surface area contributed by atoms with Crippen molar-refractivity contribution in [3.63, 3.8) is 0 Å². The fourth-order valence-electron chi connectivity index (χ4n) is 4.96. The van der Waals surface area contributed by atoms with Gasteiger partial charge in [0.05, 0.1) is 6.10 Å². The molecule has 120 valence electrons. The van der Waals surface area contributed by atoms with Crippen molar-refractivity contribution < 1.29 is 9.90 Å². The quantitative estimate of drug-likeness (QED) is 0.846. The number of carbonyl (C=O) groups excluding carboxylic acids is 1. The molecule has 0 radical (unpaired) electrons. The third-order valence-electron chi connectivity index (χ3n) is 6.31. The first-order valence-electron chi connectivity index (χ1n) is 9.11. The van der Waals surface area contributed by atoms with Gasteiger partial charge in [-0.05, 0) is 44.9 Å². The van der Waals surface area contributed by atoms with Gasteiger partial charge >= 0.3 is 0 Å². The van der Waals surface area contributed by atoms with Gasteiger partial charge in [-0.2, -0.15) is 0 Å². The predicted molar refractivity (Wildman–Crippen MR) is 83.9 cm³/mol. The fourth-order valence-corrected chi connectivity index (χ4v) is 4.96. The lowest BCUT2D eigenvalue weighted by Crippen LogP contribution is -2.54. The normalized spacial score (nSPS) is 36.7. The summed E-state index contributed by atoms with van der Waals surface area (Å²) in [5.74, 6) is 0.718. The number of aliphatic hydroxyl groups excluding tert-OH is 1. The number of aliphatic hydroxyl groups is 1. The van der Waals surface area contributed by atoms with Crippen LogP contribution in [0.1, 0.15) is 77.6 Å². The highest BCUT2D eigenvalue weighted by Crippen LogP contribution is 2.42. The van der Waals surface area contributed by atoms with Crippen LogP contribution in [0, 0.1) is 11.3 Å². The smallest absolute Gasteiger partial charge is 0.228 e. The van der Waals surface area contributed by atoms with Crippen molar-refractivity contribution in [2.24, 2.45) is 11.3 Å². The summed E-state index contributed by atoms with van der Waals surface area (Å²) in [4.78, 5) is 15.3. The second-order valence-electron chi connectivity index (χ2n) is 7.85. The maximum atomic E-state index is 13.1. The van der Waals surface area contributed by atoms with E-state index >= 15 is 0 Å². The molecule has 2 aliphatic carbocycles. The van der Waals surface area contributed by atoms with Gasteiger partial charge in [0.1, 0.15) is 0 Å². The SMILES string of the molecule is CC1(C(=O)N2CCCCC2C2CCCCC2O)CCCC1. The number of rotatable bonds is 2. The summed E-state index contributed by atoms with van der Waals surface area (Å²) in [5, 5.41) is 10.4. The van der Waals surface area contributed by atoms with Crippen molar-refractivity contribution in [3.8, 4) is 0 Å². The van der Waals surface area contributed by atoms with Gasteiger partial charge in [0, 0.05) is 23.9 Å². The zero-order valence-corrected chi connectivity index (χ0v) is 13.5. The van der Waals surface area contributed by atoms with Crippen molar-refractivity contribution in [1.82, 2.24) is 4.90 Å². The lowest BCUT2D eigenvalue weighted by atomic mass is 9.76. The molecule has 0 bridgehead atoms. The first-order valence-corrected chi connectivity index (χ1v) is 9.11. The monoisotopic (exact) mass is 293 g/mol. The van der Waals surface area contributed by atoms with Crippen LogP contribution in [0.4, 0.5) is 0 Å². The average molecular weight is 293 g/mol. The van der Waals surface area contributed by atoms with E-state index in [2.05, 4.69) is 11.8 Å². The van der Waals surface area contributed by atoms with E-state index in [-0.39, 0.29) is 11.5 Å². The first-order chi connectivity index (χ1) is 10.1. The topological polar surface area (TPSA) is 40.5 Å². The fraction of sp³-hybridized carbons (Fsp3) is 0.944. The van der Waals surface area contributed by atoms with Crippen LogP contribution in [0.25, 0.3) is 0 Å². The molecule has 3 rings (SSSR count). The largest absolute Gasteiger partial charge is 0.393 e. The zero-order valence-electron chi connectivity index (χ0n) is 13.5. The summed E-state index contributed by atoms with van der Waals surface area (Å²) < 4.78 is 0. The summed E-state index contributed by atoms with van der Waals surface area (Å²) >= 11 is 0.